The van der Waals surface area contributed by atoms with E-state index in [2.05, 4.69) is 56.5 Å². The molecule has 0 unspecified atom stereocenters. The average molecular weight is 922 g/mol. The summed E-state index contributed by atoms with van der Waals surface area (Å²) in [5.74, 6) is 5.57. The maximum absolute atomic E-state index is 16.4. The van der Waals surface area contributed by atoms with E-state index in [1.54, 1.807) is 24.4 Å². The van der Waals surface area contributed by atoms with Crippen LogP contribution in [0.1, 0.15) is 114 Å². The molecule has 2 spiro atoms. The molecule has 3 N–H and O–H groups in total. The van der Waals surface area contributed by atoms with E-state index in [4.69, 9.17) is 23.2 Å². The van der Waals surface area contributed by atoms with Crippen molar-refractivity contribution in [2.45, 2.75) is 108 Å². The monoisotopic (exact) mass is 920 g/mol. The topological polar surface area (TPSA) is 141 Å². The fraction of sp³-hybridized carbons (Fsp3) is 0.520. The lowest BCUT2D eigenvalue weighted by molar-refractivity contribution is -0.128. The van der Waals surface area contributed by atoms with Crippen molar-refractivity contribution in [3.63, 3.8) is 0 Å². The molecule has 0 bridgehead atoms. The Morgan fingerprint density at radius 1 is 0.938 bits per heavy atom. The number of imidazole rings is 1. The Morgan fingerprint density at radius 3 is 2.46 bits per heavy atom. The van der Waals surface area contributed by atoms with Crippen LogP contribution >= 0.6 is 23.2 Å². The van der Waals surface area contributed by atoms with Gasteiger partial charge in [-0.25, -0.2) is 19.2 Å². The van der Waals surface area contributed by atoms with E-state index in [0.29, 0.717) is 47.0 Å². The first-order valence-corrected chi connectivity index (χ1v) is 24.0. The normalized spacial score (nSPS) is 27.6. The Hall–Kier alpha value is -5.03. The molecule has 2 saturated heterocycles. The third-order valence-electron chi connectivity index (χ3n) is 16.0. The smallest absolute Gasteiger partial charge is 0.329 e. The molecule has 6 heterocycles. The number of nitrogens with zero attached hydrogens (tertiary/aromatic N) is 5. The third kappa shape index (κ3) is 7.87. The second kappa shape index (κ2) is 17.0. The molecule has 3 saturated carbocycles. The van der Waals surface area contributed by atoms with Crippen molar-refractivity contribution in [2.24, 2.45) is 28.6 Å². The van der Waals surface area contributed by atoms with Crippen LogP contribution < -0.4 is 20.9 Å². The quantitative estimate of drug-likeness (QED) is 0.130. The van der Waals surface area contributed by atoms with Gasteiger partial charge in [0.2, 0.25) is 17.7 Å². The summed E-state index contributed by atoms with van der Waals surface area (Å²) in [5.41, 5.74) is 1.52. The molecule has 0 radical (unpaired) electrons. The number of aromatic nitrogens is 3. The number of piperidine rings is 1. The van der Waals surface area contributed by atoms with Gasteiger partial charge in [-0.2, -0.15) is 0 Å². The second-order valence-electron chi connectivity index (χ2n) is 20.3. The highest BCUT2D eigenvalue weighted by atomic mass is 35.5. The summed E-state index contributed by atoms with van der Waals surface area (Å²) in [6, 6.07) is 10.5. The largest absolute Gasteiger partial charge is 0.353 e. The maximum atomic E-state index is 16.4. The summed E-state index contributed by atoms with van der Waals surface area (Å²) in [6.07, 6.45) is 14.7. The fourth-order valence-electron chi connectivity index (χ4n) is 12.5. The van der Waals surface area contributed by atoms with Crippen LogP contribution in [0.3, 0.4) is 0 Å². The summed E-state index contributed by atoms with van der Waals surface area (Å²) < 4.78 is 18.2. The molecular weight excluding hydrogens is 867 g/mol. The lowest BCUT2D eigenvalue weighted by Gasteiger charge is -2.50. The molecule has 1 aromatic carbocycles. The van der Waals surface area contributed by atoms with Gasteiger partial charge < -0.3 is 15.5 Å². The SMILES string of the molecule is CC1(C)CCC2(CC1)C[C@@H](C(=O)NC1CCC(CN3CCC(C#Cc4ccn5c(N6CCC(=O)NC6=O)cnc5c4)CC3)CC1)[C@H](c1ccnc(Cl)c1F)[C@]21C(=O)Nc2cc(Cl)ccc21. The van der Waals surface area contributed by atoms with Gasteiger partial charge >= 0.3 is 6.03 Å². The highest BCUT2D eigenvalue weighted by Crippen LogP contribution is 2.72. The molecule has 10 rings (SSSR count). The lowest BCUT2D eigenvalue weighted by atomic mass is 9.51. The van der Waals surface area contributed by atoms with Crippen molar-refractivity contribution in [1.82, 2.24) is 29.9 Å². The number of hydrogen-bond donors (Lipinski definition) is 3. The van der Waals surface area contributed by atoms with E-state index < -0.39 is 34.5 Å². The Morgan fingerprint density at radius 2 is 1.71 bits per heavy atom. The van der Waals surface area contributed by atoms with Crippen LogP contribution in [0.5, 0.6) is 0 Å². The van der Waals surface area contributed by atoms with Crippen LogP contribution in [0, 0.1) is 46.2 Å². The van der Waals surface area contributed by atoms with Crippen molar-refractivity contribution in [1.29, 1.82) is 0 Å². The molecule has 3 aromatic heterocycles. The van der Waals surface area contributed by atoms with Gasteiger partial charge in [0.1, 0.15) is 11.5 Å². The zero-order valence-corrected chi connectivity index (χ0v) is 38.4. The Bertz CT molecular complexity index is 2630. The standard InChI is InChI=1S/C50H55Cl2FN8O4/c1-48(2)16-18-49(19-17-48)27-36(42(35-11-20-54-44(52)43(35)53)50(49)37-10-7-33(51)26-38(37)57-46(50)64)45(63)56-34-8-5-32(6-9-34)29-59-21-12-30(13-22-59)3-4-31-14-23-60-39(25-31)55-28-41(60)61-24-15-40(62)58-47(61)65/h7,10-11,14,20,23,25-26,28,30,32,34,36,42H,5-6,8-9,12-13,15-19,21-22,24,27,29H2,1-2H3,(H,56,63)(H,57,64)(H,58,62,65)/t32?,34?,36-,42+,50-/m1/s1. The Kier molecular flexibility index (Phi) is 11.5. The first-order valence-electron chi connectivity index (χ1n) is 23.3. The van der Waals surface area contributed by atoms with Gasteiger partial charge in [0.25, 0.3) is 0 Å². The molecule has 12 nitrogen and oxygen atoms in total. The number of amides is 5. The molecule has 65 heavy (non-hydrogen) atoms. The summed E-state index contributed by atoms with van der Waals surface area (Å²) in [6.45, 7) is 7.83. The van der Waals surface area contributed by atoms with Crippen LogP contribution in [-0.4, -0.2) is 75.2 Å². The Labute approximate surface area is 388 Å². The Balaban J connectivity index is 0.782. The van der Waals surface area contributed by atoms with Crippen LogP contribution in [0.25, 0.3) is 5.65 Å². The van der Waals surface area contributed by atoms with E-state index in [0.717, 1.165) is 95.0 Å². The minimum atomic E-state index is -1.20. The fourth-order valence-corrected chi connectivity index (χ4v) is 12.8. The average Bonchev–Trinajstić information content (AvgIpc) is 3.93. The summed E-state index contributed by atoms with van der Waals surface area (Å²) >= 11 is 12.9. The molecule has 340 valence electrons. The summed E-state index contributed by atoms with van der Waals surface area (Å²) in [7, 11) is 0. The molecule has 6 aliphatic rings. The highest BCUT2D eigenvalue weighted by Gasteiger charge is 2.72. The zero-order valence-electron chi connectivity index (χ0n) is 36.9. The van der Waals surface area contributed by atoms with Crippen LogP contribution in [-0.2, 0) is 19.8 Å². The van der Waals surface area contributed by atoms with Gasteiger partial charge in [0.15, 0.2) is 11.0 Å². The highest BCUT2D eigenvalue weighted by molar-refractivity contribution is 6.31. The number of carbonyl (C=O) groups excluding carboxylic acids is 4. The zero-order chi connectivity index (χ0) is 45.3. The van der Waals surface area contributed by atoms with E-state index in [9.17, 15) is 19.2 Å². The van der Waals surface area contributed by atoms with E-state index in [1.165, 1.54) is 11.1 Å². The number of rotatable bonds is 6. The number of pyridine rings is 2. The van der Waals surface area contributed by atoms with Crippen molar-refractivity contribution in [3.05, 3.63) is 87.7 Å². The summed E-state index contributed by atoms with van der Waals surface area (Å²) in [5, 5.41) is 9.20. The number of imide groups is 1. The lowest BCUT2D eigenvalue weighted by Crippen LogP contribution is -2.52. The second-order valence-corrected chi connectivity index (χ2v) is 21.1. The molecule has 3 aliphatic heterocycles. The molecular formula is C50H55Cl2FN8O4. The number of hydrogen-bond acceptors (Lipinski definition) is 7. The molecule has 3 aliphatic carbocycles. The van der Waals surface area contributed by atoms with E-state index >= 15 is 4.39 Å². The van der Waals surface area contributed by atoms with Crippen LogP contribution in [0.2, 0.25) is 10.2 Å². The number of carbonyl (C=O) groups is 4. The van der Waals surface area contributed by atoms with Crippen molar-refractivity contribution < 1.29 is 23.6 Å². The molecule has 4 aromatic rings. The molecule has 3 atom stereocenters. The van der Waals surface area contributed by atoms with Gasteiger partial charge in [-0.15, -0.1) is 0 Å². The van der Waals surface area contributed by atoms with Gasteiger partial charge in [-0.05, 0) is 142 Å². The van der Waals surface area contributed by atoms with Gasteiger partial charge in [-0.3, -0.25) is 29.0 Å². The molecule has 5 amide bonds. The number of benzene rings is 1. The first kappa shape index (κ1) is 43.8. The number of fused-ring (bicyclic) bond motifs is 4. The first-order chi connectivity index (χ1) is 31.2. The summed E-state index contributed by atoms with van der Waals surface area (Å²) in [4.78, 5) is 66.4. The number of anilines is 2. The van der Waals surface area contributed by atoms with Crippen LogP contribution in [0.15, 0.2) is 55.0 Å². The molecule has 5 fully saturated rings. The number of likely N-dealkylation sites (tertiary alicyclic amines) is 1. The number of nitrogens with one attached hydrogen (secondary N) is 3. The predicted molar refractivity (Wildman–Crippen MR) is 247 cm³/mol. The van der Waals surface area contributed by atoms with Gasteiger partial charge in [-0.1, -0.05) is 55.0 Å². The van der Waals surface area contributed by atoms with E-state index in [-0.39, 0.29) is 46.3 Å². The van der Waals surface area contributed by atoms with Gasteiger partial charge in [0, 0.05) is 72.0 Å². The third-order valence-corrected chi connectivity index (χ3v) is 16.5. The predicted octanol–water partition coefficient (Wildman–Crippen LogP) is 8.64. The molecule has 15 heteroatoms. The maximum Gasteiger partial charge on any atom is 0.329 e. The van der Waals surface area contributed by atoms with E-state index in [1.807, 2.05) is 28.8 Å². The number of urea groups is 1. The van der Waals surface area contributed by atoms with Crippen LogP contribution in [0.4, 0.5) is 20.7 Å². The minimum absolute atomic E-state index is 0.00435. The van der Waals surface area contributed by atoms with Crippen molar-refractivity contribution in [2.75, 3.05) is 36.4 Å². The number of halogens is 3. The van der Waals surface area contributed by atoms with Gasteiger partial charge in [0.05, 0.1) is 11.6 Å². The van der Waals surface area contributed by atoms with Crippen molar-refractivity contribution in [3.8, 4) is 11.8 Å². The minimum Gasteiger partial charge on any atom is -0.353 e. The van der Waals surface area contributed by atoms with Crippen molar-refractivity contribution >= 4 is 64.1 Å².